The van der Waals surface area contributed by atoms with Gasteiger partial charge in [0.05, 0.1) is 7.11 Å². The highest BCUT2D eigenvalue weighted by Crippen LogP contribution is 2.34. The smallest absolute Gasteiger partial charge is 0.245 e. The third-order valence-corrected chi connectivity index (χ3v) is 4.96. The van der Waals surface area contributed by atoms with E-state index in [1.807, 2.05) is 25.1 Å². The first-order chi connectivity index (χ1) is 12.5. The summed E-state index contributed by atoms with van der Waals surface area (Å²) in [6.45, 7) is 2.27. The van der Waals surface area contributed by atoms with Crippen LogP contribution in [-0.4, -0.2) is 37.7 Å². The number of hydroxylamine groups is 1. The minimum Gasteiger partial charge on any atom is -0.497 e. The number of nitrogens with zero attached hydrogens (tertiary/aromatic N) is 4. The molecule has 2 aromatic heterocycles. The standard InChI is InChI=1S/C16H18N6O3S/c1-9-3-4-10(25-2)7-11(9)26-16-20-13-14(17)18-8-19-15(13)22(16)6-5-12(23)21-24/h3-4,7-8,24H,5-6H2,1-2H3,(H,21,23)(H2,17,18,19). The number of hydrogen-bond donors (Lipinski definition) is 3. The fraction of sp³-hybridized carbons (Fsp3) is 0.250. The van der Waals surface area contributed by atoms with Crippen molar-refractivity contribution >= 4 is 34.7 Å². The maximum absolute atomic E-state index is 11.4. The van der Waals surface area contributed by atoms with Crippen molar-refractivity contribution in [3.05, 3.63) is 30.1 Å². The largest absolute Gasteiger partial charge is 0.497 e. The molecule has 0 aliphatic heterocycles. The second-order valence-electron chi connectivity index (χ2n) is 5.50. The zero-order valence-electron chi connectivity index (χ0n) is 14.3. The SMILES string of the molecule is COc1ccc(C)c(Sc2nc3c(N)ncnc3n2CCC(=O)NO)c1. The number of rotatable bonds is 6. The number of benzene rings is 1. The van der Waals surface area contributed by atoms with Crippen LogP contribution in [0.4, 0.5) is 5.82 Å². The van der Waals surface area contributed by atoms with Gasteiger partial charge in [0.2, 0.25) is 5.91 Å². The van der Waals surface area contributed by atoms with Crippen LogP contribution >= 0.6 is 11.8 Å². The quantitative estimate of drug-likeness (QED) is 0.440. The molecule has 4 N–H and O–H groups in total. The third-order valence-electron chi connectivity index (χ3n) is 3.81. The molecule has 1 amide bonds. The van der Waals surface area contributed by atoms with Gasteiger partial charge in [-0.25, -0.2) is 20.4 Å². The van der Waals surface area contributed by atoms with E-state index in [9.17, 15) is 4.79 Å². The summed E-state index contributed by atoms with van der Waals surface area (Å²) in [5, 5.41) is 9.35. The molecule has 10 heteroatoms. The second kappa shape index (κ2) is 7.58. The van der Waals surface area contributed by atoms with E-state index in [1.54, 1.807) is 17.2 Å². The first-order valence-corrected chi connectivity index (χ1v) is 8.57. The van der Waals surface area contributed by atoms with E-state index in [2.05, 4.69) is 15.0 Å². The Kier molecular flexibility index (Phi) is 5.24. The summed E-state index contributed by atoms with van der Waals surface area (Å²) in [6.07, 6.45) is 1.42. The Bertz CT molecular complexity index is 959. The predicted octanol–water partition coefficient (Wildman–Crippen LogP) is 1.77. The fourth-order valence-corrected chi connectivity index (χ4v) is 3.42. The van der Waals surface area contributed by atoms with Gasteiger partial charge in [-0.3, -0.25) is 10.0 Å². The summed E-state index contributed by atoms with van der Waals surface area (Å²) in [7, 11) is 1.61. The van der Waals surface area contributed by atoms with Crippen molar-refractivity contribution in [3.8, 4) is 5.75 Å². The molecule has 136 valence electrons. The Morgan fingerprint density at radius 1 is 1.42 bits per heavy atom. The Hall–Kier alpha value is -2.85. The molecule has 0 aliphatic rings. The van der Waals surface area contributed by atoms with Crippen LogP contribution in [0, 0.1) is 6.92 Å². The number of imidazole rings is 1. The van der Waals surface area contributed by atoms with Gasteiger partial charge in [0.15, 0.2) is 22.1 Å². The minimum atomic E-state index is -0.498. The van der Waals surface area contributed by atoms with Crippen LogP contribution in [0.25, 0.3) is 11.2 Å². The maximum atomic E-state index is 11.4. The molecule has 0 aliphatic carbocycles. The first-order valence-electron chi connectivity index (χ1n) is 7.75. The molecule has 1 aromatic carbocycles. The number of nitrogens with one attached hydrogen (secondary N) is 1. The number of carbonyl (C=O) groups excluding carboxylic acids is 1. The Morgan fingerprint density at radius 2 is 2.23 bits per heavy atom. The molecule has 26 heavy (non-hydrogen) atoms. The molecule has 3 rings (SSSR count). The van der Waals surface area contributed by atoms with Crippen molar-refractivity contribution in [2.24, 2.45) is 0 Å². The molecule has 0 atom stereocenters. The monoisotopic (exact) mass is 374 g/mol. The number of carbonyl (C=O) groups is 1. The van der Waals surface area contributed by atoms with Crippen molar-refractivity contribution in [1.82, 2.24) is 25.0 Å². The summed E-state index contributed by atoms with van der Waals surface area (Å²) in [4.78, 5) is 25.2. The van der Waals surface area contributed by atoms with Crippen molar-refractivity contribution in [2.45, 2.75) is 29.9 Å². The average Bonchev–Trinajstić information content (AvgIpc) is 3.00. The number of methoxy groups -OCH3 is 1. The van der Waals surface area contributed by atoms with Crippen molar-refractivity contribution in [2.75, 3.05) is 12.8 Å². The van der Waals surface area contributed by atoms with Crippen LogP contribution in [-0.2, 0) is 11.3 Å². The van der Waals surface area contributed by atoms with Gasteiger partial charge in [0.1, 0.15) is 12.1 Å². The van der Waals surface area contributed by atoms with Crippen molar-refractivity contribution < 1.29 is 14.7 Å². The van der Waals surface area contributed by atoms with E-state index < -0.39 is 5.91 Å². The zero-order valence-corrected chi connectivity index (χ0v) is 15.1. The fourth-order valence-electron chi connectivity index (χ4n) is 2.40. The van der Waals surface area contributed by atoms with Crippen molar-refractivity contribution in [1.29, 1.82) is 0 Å². The van der Waals surface area contributed by atoms with Crippen LogP contribution in [0.3, 0.4) is 0 Å². The van der Waals surface area contributed by atoms with Gasteiger partial charge in [-0.2, -0.15) is 0 Å². The first kappa shape index (κ1) is 18.0. The van der Waals surface area contributed by atoms with Crippen LogP contribution in [0.15, 0.2) is 34.6 Å². The molecule has 3 aromatic rings. The summed E-state index contributed by atoms with van der Waals surface area (Å²) in [6, 6.07) is 5.76. The van der Waals surface area contributed by atoms with Gasteiger partial charge in [-0.15, -0.1) is 0 Å². The number of nitrogen functional groups attached to an aromatic ring is 1. The van der Waals surface area contributed by atoms with Crippen LogP contribution in [0.5, 0.6) is 5.75 Å². The number of hydrogen-bond acceptors (Lipinski definition) is 8. The molecule has 0 radical (unpaired) electrons. The van der Waals surface area contributed by atoms with E-state index in [-0.39, 0.29) is 18.8 Å². The molecule has 0 saturated carbocycles. The number of amides is 1. The lowest BCUT2D eigenvalue weighted by Crippen LogP contribution is -2.20. The van der Waals surface area contributed by atoms with Crippen LogP contribution < -0.4 is 16.0 Å². The van der Waals surface area contributed by atoms with E-state index >= 15 is 0 Å². The Labute approximate surface area is 153 Å². The molecular weight excluding hydrogens is 356 g/mol. The lowest BCUT2D eigenvalue weighted by molar-refractivity contribution is -0.129. The van der Waals surface area contributed by atoms with Gasteiger partial charge >= 0.3 is 0 Å². The Morgan fingerprint density at radius 3 is 2.96 bits per heavy atom. The van der Waals surface area contributed by atoms with Gasteiger partial charge < -0.3 is 15.0 Å². The average molecular weight is 374 g/mol. The highest BCUT2D eigenvalue weighted by Gasteiger charge is 2.17. The van der Waals surface area contributed by atoms with Crippen molar-refractivity contribution in [3.63, 3.8) is 0 Å². The van der Waals surface area contributed by atoms with E-state index in [0.717, 1.165) is 16.2 Å². The van der Waals surface area contributed by atoms with E-state index in [1.165, 1.54) is 18.1 Å². The predicted molar refractivity (Wildman–Crippen MR) is 96.1 cm³/mol. The molecular formula is C16H18N6O3S. The lowest BCUT2D eigenvalue weighted by atomic mass is 10.2. The number of anilines is 1. The number of nitrogens with two attached hydrogens (primary N) is 1. The normalized spacial score (nSPS) is 10.9. The molecule has 0 fully saturated rings. The highest BCUT2D eigenvalue weighted by atomic mass is 32.2. The third kappa shape index (κ3) is 3.55. The topological polar surface area (TPSA) is 128 Å². The van der Waals surface area contributed by atoms with E-state index in [0.29, 0.717) is 16.3 Å². The van der Waals surface area contributed by atoms with Crippen LogP contribution in [0.1, 0.15) is 12.0 Å². The number of ether oxygens (including phenoxy) is 1. The molecule has 0 bridgehead atoms. The zero-order chi connectivity index (χ0) is 18.7. The number of aryl methyl sites for hydroxylation is 2. The van der Waals surface area contributed by atoms with Gasteiger partial charge in [0.25, 0.3) is 0 Å². The van der Waals surface area contributed by atoms with Gasteiger partial charge in [-0.05, 0) is 24.6 Å². The lowest BCUT2D eigenvalue weighted by Gasteiger charge is -2.10. The number of fused-ring (bicyclic) bond motifs is 1. The van der Waals surface area contributed by atoms with Gasteiger partial charge in [0, 0.05) is 17.9 Å². The molecule has 0 spiro atoms. The minimum absolute atomic E-state index is 0.0660. The van der Waals surface area contributed by atoms with Crippen LogP contribution in [0.2, 0.25) is 0 Å². The molecule has 0 unspecified atom stereocenters. The second-order valence-corrected chi connectivity index (χ2v) is 6.50. The Balaban J connectivity index is 2.04. The highest BCUT2D eigenvalue weighted by molar-refractivity contribution is 7.99. The van der Waals surface area contributed by atoms with E-state index in [4.69, 9.17) is 15.7 Å². The number of aromatic nitrogens is 4. The van der Waals surface area contributed by atoms with Gasteiger partial charge in [-0.1, -0.05) is 17.8 Å². The summed E-state index contributed by atoms with van der Waals surface area (Å²) in [5.74, 6) is 0.506. The molecule has 2 heterocycles. The summed E-state index contributed by atoms with van der Waals surface area (Å²) >= 11 is 1.42. The maximum Gasteiger partial charge on any atom is 0.245 e. The summed E-state index contributed by atoms with van der Waals surface area (Å²) < 4.78 is 7.07. The summed E-state index contributed by atoms with van der Waals surface area (Å²) in [5.41, 5.74) is 9.60. The molecule has 0 saturated heterocycles. The molecule has 9 nitrogen and oxygen atoms in total.